The molecule has 7 heteroatoms. The summed E-state index contributed by atoms with van der Waals surface area (Å²) in [6.45, 7) is 0.759. The molecule has 0 heterocycles. The number of rotatable bonds is 4. The van der Waals surface area contributed by atoms with Crippen molar-refractivity contribution in [2.24, 2.45) is 0 Å². The molecule has 0 bridgehead atoms. The molecule has 0 fully saturated rings. The molecule has 0 aliphatic heterocycles. The number of hydrogen-bond donors (Lipinski definition) is 1. The van der Waals surface area contributed by atoms with Crippen LogP contribution in [0.4, 0.5) is 4.79 Å². The molecular formula is C5H10N2O5. The van der Waals surface area contributed by atoms with E-state index in [9.17, 15) is 14.9 Å². The predicted octanol–water partition coefficient (Wildman–Crippen LogP) is -0.371. The van der Waals surface area contributed by atoms with Crippen LogP contribution < -0.4 is 0 Å². The van der Waals surface area contributed by atoms with E-state index < -0.39 is 17.7 Å². The first-order chi connectivity index (χ1) is 5.63. The van der Waals surface area contributed by atoms with Crippen LogP contribution >= 0.6 is 0 Å². The summed E-state index contributed by atoms with van der Waals surface area (Å²) in [6, 6.07) is 0. The van der Waals surface area contributed by atoms with E-state index in [0.29, 0.717) is 0 Å². The number of carbonyl (C=O) groups is 1. The molecule has 0 aliphatic carbocycles. The second kappa shape index (κ2) is 5.30. The first-order valence-corrected chi connectivity index (χ1v) is 3.33. The molecule has 0 aliphatic rings. The normalized spacial score (nSPS) is 9.17. The number of hydrazine groups is 1. The zero-order valence-corrected chi connectivity index (χ0v) is 6.60. The van der Waals surface area contributed by atoms with Gasteiger partial charge in [-0.05, 0) is 11.9 Å². The smallest absolute Gasteiger partial charge is 0.446 e. The summed E-state index contributed by atoms with van der Waals surface area (Å²) >= 11 is 0. The fourth-order valence-electron chi connectivity index (χ4n) is 0.532. The van der Waals surface area contributed by atoms with Crippen molar-refractivity contribution >= 4 is 6.09 Å². The number of ether oxygens (including phenoxy) is 1. The molecule has 12 heavy (non-hydrogen) atoms. The molecule has 0 aromatic carbocycles. The summed E-state index contributed by atoms with van der Waals surface area (Å²) in [4.78, 5) is 20.9. The maximum absolute atomic E-state index is 10.7. The third-order valence-electron chi connectivity index (χ3n) is 0.987. The van der Waals surface area contributed by atoms with Crippen LogP contribution in [0.3, 0.4) is 0 Å². The molecule has 0 saturated carbocycles. The largest absolute Gasteiger partial charge is 0.468 e. The van der Waals surface area contributed by atoms with Gasteiger partial charge in [-0.15, -0.1) is 0 Å². The van der Waals surface area contributed by atoms with Crippen LogP contribution in [0.2, 0.25) is 0 Å². The predicted molar refractivity (Wildman–Crippen MR) is 37.8 cm³/mol. The molecule has 70 valence electrons. The minimum Gasteiger partial charge on any atom is -0.446 e. The number of aliphatic hydroxyl groups is 1. The minimum absolute atomic E-state index is 0.0641. The number of carbonyl (C=O) groups excluding carboxylic acids is 1. The number of aliphatic hydroxyl groups excluding tert-OH is 1. The van der Waals surface area contributed by atoms with Gasteiger partial charge in [0.05, 0.1) is 13.2 Å². The van der Waals surface area contributed by atoms with Gasteiger partial charge >= 0.3 is 6.09 Å². The Morgan fingerprint density at radius 1 is 1.75 bits per heavy atom. The van der Waals surface area contributed by atoms with E-state index in [1.165, 1.54) is 6.92 Å². The first kappa shape index (κ1) is 10.6. The Bertz CT molecular complexity index is 171. The van der Waals surface area contributed by atoms with E-state index in [-0.39, 0.29) is 18.2 Å². The Labute approximate surface area is 68.7 Å². The van der Waals surface area contributed by atoms with Crippen molar-refractivity contribution in [1.29, 1.82) is 0 Å². The van der Waals surface area contributed by atoms with Crippen LogP contribution in [0, 0.1) is 10.1 Å². The van der Waals surface area contributed by atoms with Crippen molar-refractivity contribution in [2.75, 3.05) is 19.8 Å². The van der Waals surface area contributed by atoms with E-state index in [0.717, 1.165) is 0 Å². The van der Waals surface area contributed by atoms with Gasteiger partial charge < -0.3 is 9.84 Å². The van der Waals surface area contributed by atoms with Gasteiger partial charge in [0.2, 0.25) is 0 Å². The minimum atomic E-state index is -1.06. The van der Waals surface area contributed by atoms with Gasteiger partial charge in [0.1, 0.15) is 6.54 Å². The molecule has 0 spiro atoms. The molecule has 1 amide bonds. The van der Waals surface area contributed by atoms with Gasteiger partial charge in [-0.2, -0.15) is 0 Å². The molecule has 0 radical (unpaired) electrons. The van der Waals surface area contributed by atoms with Crippen molar-refractivity contribution in [3.63, 3.8) is 0 Å². The summed E-state index contributed by atoms with van der Waals surface area (Å²) < 4.78 is 4.35. The third kappa shape index (κ3) is 3.15. The number of hydrogen-bond acceptors (Lipinski definition) is 5. The summed E-state index contributed by atoms with van der Waals surface area (Å²) in [7, 11) is 0. The fraction of sp³-hybridized carbons (Fsp3) is 0.800. The molecule has 0 rings (SSSR count). The van der Waals surface area contributed by atoms with E-state index in [2.05, 4.69) is 4.74 Å². The van der Waals surface area contributed by atoms with Gasteiger partial charge in [-0.3, -0.25) is 0 Å². The zero-order chi connectivity index (χ0) is 9.56. The first-order valence-electron chi connectivity index (χ1n) is 3.33. The van der Waals surface area contributed by atoms with E-state index in [1.807, 2.05) is 0 Å². The van der Waals surface area contributed by atoms with Crippen molar-refractivity contribution in [3.8, 4) is 0 Å². The summed E-state index contributed by atoms with van der Waals surface area (Å²) in [5.41, 5.74) is 0. The van der Waals surface area contributed by atoms with Crippen LogP contribution in [0.5, 0.6) is 0 Å². The quantitative estimate of drug-likeness (QED) is 0.468. The average molecular weight is 178 g/mol. The van der Waals surface area contributed by atoms with E-state index in [1.54, 1.807) is 0 Å². The van der Waals surface area contributed by atoms with Crippen molar-refractivity contribution in [2.45, 2.75) is 6.92 Å². The molecule has 1 N–H and O–H groups in total. The van der Waals surface area contributed by atoms with Crippen LogP contribution in [0.15, 0.2) is 0 Å². The van der Waals surface area contributed by atoms with Crippen LogP contribution in [0.1, 0.15) is 6.92 Å². The van der Waals surface area contributed by atoms with Crippen molar-refractivity contribution in [1.82, 2.24) is 5.01 Å². The Morgan fingerprint density at radius 2 is 2.33 bits per heavy atom. The molecule has 0 saturated heterocycles. The Kier molecular flexibility index (Phi) is 4.70. The highest BCUT2D eigenvalue weighted by Gasteiger charge is 2.24. The molecule has 7 nitrogen and oxygen atoms in total. The maximum Gasteiger partial charge on any atom is 0.468 e. The summed E-state index contributed by atoms with van der Waals surface area (Å²) in [5, 5.41) is 17.8. The Hall–Kier alpha value is -1.37. The summed E-state index contributed by atoms with van der Waals surface area (Å²) in [6.07, 6.45) is -1.06. The second-order valence-electron chi connectivity index (χ2n) is 1.78. The zero-order valence-electron chi connectivity index (χ0n) is 6.60. The number of nitro groups is 1. The van der Waals surface area contributed by atoms with E-state index >= 15 is 0 Å². The highest BCUT2D eigenvalue weighted by atomic mass is 16.7. The Balaban J connectivity index is 4.09. The summed E-state index contributed by atoms with van der Waals surface area (Å²) in [5.74, 6) is 0. The van der Waals surface area contributed by atoms with Crippen LogP contribution in [-0.4, -0.2) is 41.0 Å². The maximum atomic E-state index is 10.7. The lowest BCUT2D eigenvalue weighted by Gasteiger charge is -2.09. The number of amides is 1. The van der Waals surface area contributed by atoms with E-state index in [4.69, 9.17) is 5.11 Å². The number of nitrogens with zero attached hydrogens (tertiary/aromatic N) is 2. The van der Waals surface area contributed by atoms with Gasteiger partial charge in [-0.25, -0.2) is 14.9 Å². The van der Waals surface area contributed by atoms with Crippen molar-refractivity contribution < 1.29 is 19.7 Å². The monoisotopic (exact) mass is 178 g/mol. The van der Waals surface area contributed by atoms with Gasteiger partial charge in [0.15, 0.2) is 5.03 Å². The molecule has 0 aromatic heterocycles. The SMILES string of the molecule is CCOC(=O)N(CCO)[N+](=O)[O-]. The molecule has 0 unspecified atom stereocenters. The van der Waals surface area contributed by atoms with Crippen LogP contribution in [0.25, 0.3) is 0 Å². The average Bonchev–Trinajstić information content (AvgIpc) is 1.99. The van der Waals surface area contributed by atoms with Crippen LogP contribution in [-0.2, 0) is 4.74 Å². The Morgan fingerprint density at radius 3 is 2.67 bits per heavy atom. The standard InChI is InChI=1S/C5H10N2O5/c1-2-12-5(9)6(3-4-8)7(10)11/h8H,2-4H2,1H3. The lowest BCUT2D eigenvalue weighted by Crippen LogP contribution is -2.38. The van der Waals surface area contributed by atoms with Gasteiger partial charge in [0.25, 0.3) is 0 Å². The topological polar surface area (TPSA) is 92.9 Å². The highest BCUT2D eigenvalue weighted by Crippen LogP contribution is 1.93. The lowest BCUT2D eigenvalue weighted by atomic mass is 10.7. The molecular weight excluding hydrogens is 168 g/mol. The third-order valence-corrected chi connectivity index (χ3v) is 0.987. The molecule has 0 atom stereocenters. The lowest BCUT2D eigenvalue weighted by molar-refractivity contribution is -0.635. The fourth-order valence-corrected chi connectivity index (χ4v) is 0.532. The van der Waals surface area contributed by atoms with Gasteiger partial charge in [-0.1, -0.05) is 0 Å². The molecule has 0 aromatic rings. The highest BCUT2D eigenvalue weighted by molar-refractivity contribution is 5.65. The van der Waals surface area contributed by atoms with Gasteiger partial charge in [0, 0.05) is 0 Å². The second-order valence-corrected chi connectivity index (χ2v) is 1.78. The van der Waals surface area contributed by atoms with Crippen molar-refractivity contribution in [3.05, 3.63) is 10.1 Å².